The summed E-state index contributed by atoms with van der Waals surface area (Å²) in [6.07, 6.45) is 21.1. The van der Waals surface area contributed by atoms with E-state index in [0.717, 1.165) is 30.1 Å². The van der Waals surface area contributed by atoms with Gasteiger partial charge in [0.05, 0.1) is 0 Å². The van der Waals surface area contributed by atoms with Gasteiger partial charge in [0.15, 0.2) is 0 Å². The molecule has 0 bridgehead atoms. The van der Waals surface area contributed by atoms with Gasteiger partial charge in [0.1, 0.15) is 0 Å². The highest BCUT2D eigenvalue weighted by Crippen LogP contribution is 2.41. The van der Waals surface area contributed by atoms with E-state index in [1.807, 2.05) is 6.08 Å². The van der Waals surface area contributed by atoms with Crippen LogP contribution in [0, 0.1) is 23.7 Å². The molecule has 2 aliphatic rings. The molecule has 0 unspecified atom stereocenters. The van der Waals surface area contributed by atoms with E-state index in [1.54, 1.807) is 0 Å². The topological polar surface area (TPSA) is 0 Å². The predicted octanol–water partition coefficient (Wildman–Crippen LogP) is 6.14. The first kappa shape index (κ1) is 14.9. The van der Waals surface area contributed by atoms with Crippen LogP contribution in [0.1, 0.15) is 71.1 Å². The molecule has 0 spiro atoms. The van der Waals surface area contributed by atoms with Gasteiger partial charge in [0.2, 0.25) is 0 Å². The first-order chi connectivity index (χ1) is 9.29. The van der Waals surface area contributed by atoms with Crippen LogP contribution in [0.25, 0.3) is 0 Å². The van der Waals surface area contributed by atoms with E-state index in [4.69, 9.17) is 0 Å². The Labute approximate surface area is 120 Å². The maximum Gasteiger partial charge on any atom is -0.0233 e. The minimum Gasteiger partial charge on any atom is -0.103 e. The molecule has 2 saturated carbocycles. The Morgan fingerprint density at radius 3 is 2.00 bits per heavy atom. The van der Waals surface area contributed by atoms with Crippen LogP contribution in [0.4, 0.5) is 0 Å². The van der Waals surface area contributed by atoms with Crippen LogP contribution in [0.5, 0.6) is 0 Å². The molecule has 0 amide bonds. The standard InChI is InChI=1S/C19H32/c1-3-4-5-6-7-17-10-14-19(15-11-17)18-12-8-16(2)9-13-18/h3,6-7,16-19H,1,4-5,8-15H2,2H3/b7-6+. The number of hydrogen-bond donors (Lipinski definition) is 0. The van der Waals surface area contributed by atoms with Crippen LogP contribution in [-0.4, -0.2) is 0 Å². The van der Waals surface area contributed by atoms with Crippen molar-refractivity contribution in [3.8, 4) is 0 Å². The van der Waals surface area contributed by atoms with E-state index in [9.17, 15) is 0 Å². The highest BCUT2D eigenvalue weighted by atomic mass is 14.3. The molecule has 0 aliphatic heterocycles. The Kier molecular flexibility index (Phi) is 6.20. The van der Waals surface area contributed by atoms with Gasteiger partial charge in [-0.3, -0.25) is 0 Å². The van der Waals surface area contributed by atoms with E-state index >= 15 is 0 Å². The van der Waals surface area contributed by atoms with Crippen LogP contribution < -0.4 is 0 Å². The molecule has 0 aromatic carbocycles. The smallest absolute Gasteiger partial charge is 0.0233 e. The van der Waals surface area contributed by atoms with Gasteiger partial charge >= 0.3 is 0 Å². The molecule has 0 heteroatoms. The molecular formula is C19H32. The van der Waals surface area contributed by atoms with Gasteiger partial charge in [-0.15, -0.1) is 6.58 Å². The highest BCUT2D eigenvalue weighted by molar-refractivity contribution is 4.93. The first-order valence-corrected chi connectivity index (χ1v) is 8.57. The fraction of sp³-hybridized carbons (Fsp3) is 0.789. The van der Waals surface area contributed by atoms with Crippen molar-refractivity contribution in [3.63, 3.8) is 0 Å². The van der Waals surface area contributed by atoms with Crippen molar-refractivity contribution in [2.24, 2.45) is 23.7 Å². The lowest BCUT2D eigenvalue weighted by Gasteiger charge is -2.36. The maximum absolute atomic E-state index is 3.78. The molecule has 2 fully saturated rings. The lowest BCUT2D eigenvalue weighted by Crippen LogP contribution is -2.24. The molecule has 19 heavy (non-hydrogen) atoms. The Hall–Kier alpha value is -0.520. The molecular weight excluding hydrogens is 228 g/mol. The van der Waals surface area contributed by atoms with Gasteiger partial charge in [-0.1, -0.05) is 38.0 Å². The van der Waals surface area contributed by atoms with Crippen molar-refractivity contribution in [2.45, 2.75) is 71.1 Å². The van der Waals surface area contributed by atoms with Crippen molar-refractivity contribution in [3.05, 3.63) is 24.8 Å². The SMILES string of the molecule is C=CCC/C=C/C1CCC(C2CCC(C)CC2)CC1. The summed E-state index contributed by atoms with van der Waals surface area (Å²) in [6.45, 7) is 6.21. The van der Waals surface area contributed by atoms with Crippen molar-refractivity contribution in [2.75, 3.05) is 0 Å². The number of allylic oxidation sites excluding steroid dienone is 3. The zero-order valence-corrected chi connectivity index (χ0v) is 12.8. The normalized spacial score (nSPS) is 36.5. The summed E-state index contributed by atoms with van der Waals surface area (Å²) in [5, 5.41) is 0. The molecule has 0 nitrogen and oxygen atoms in total. The third-order valence-electron chi connectivity index (χ3n) is 5.49. The summed E-state index contributed by atoms with van der Waals surface area (Å²) in [7, 11) is 0. The van der Waals surface area contributed by atoms with Crippen LogP contribution in [0.15, 0.2) is 24.8 Å². The fourth-order valence-electron chi connectivity index (χ4n) is 4.07. The molecule has 0 N–H and O–H groups in total. The van der Waals surface area contributed by atoms with Crippen molar-refractivity contribution in [1.82, 2.24) is 0 Å². The Morgan fingerprint density at radius 1 is 0.842 bits per heavy atom. The van der Waals surface area contributed by atoms with E-state index in [-0.39, 0.29) is 0 Å². The lowest BCUT2D eigenvalue weighted by molar-refractivity contribution is 0.160. The second-order valence-electron chi connectivity index (χ2n) is 6.99. The fourth-order valence-corrected chi connectivity index (χ4v) is 4.07. The molecule has 0 aromatic heterocycles. The van der Waals surface area contributed by atoms with Gasteiger partial charge in [0.25, 0.3) is 0 Å². The van der Waals surface area contributed by atoms with Crippen LogP contribution in [0.3, 0.4) is 0 Å². The summed E-state index contributed by atoms with van der Waals surface area (Å²) < 4.78 is 0. The predicted molar refractivity (Wildman–Crippen MR) is 85.1 cm³/mol. The molecule has 0 atom stereocenters. The summed E-state index contributed by atoms with van der Waals surface area (Å²) in [5.41, 5.74) is 0. The molecule has 0 radical (unpaired) electrons. The van der Waals surface area contributed by atoms with Gasteiger partial charge < -0.3 is 0 Å². The van der Waals surface area contributed by atoms with Crippen molar-refractivity contribution in [1.29, 1.82) is 0 Å². The third kappa shape index (κ3) is 4.82. The van der Waals surface area contributed by atoms with Crippen molar-refractivity contribution >= 4 is 0 Å². The molecule has 0 saturated heterocycles. The molecule has 0 heterocycles. The Balaban J connectivity index is 1.67. The molecule has 2 rings (SSSR count). The number of rotatable bonds is 5. The molecule has 108 valence electrons. The largest absolute Gasteiger partial charge is 0.103 e. The minimum absolute atomic E-state index is 0.878. The van der Waals surface area contributed by atoms with Crippen molar-refractivity contribution < 1.29 is 0 Å². The zero-order valence-electron chi connectivity index (χ0n) is 12.8. The van der Waals surface area contributed by atoms with Gasteiger partial charge in [-0.25, -0.2) is 0 Å². The van der Waals surface area contributed by atoms with E-state index in [1.165, 1.54) is 57.8 Å². The quantitative estimate of drug-likeness (QED) is 0.411. The zero-order chi connectivity index (χ0) is 13.5. The molecule has 0 aromatic rings. The Morgan fingerprint density at radius 2 is 1.42 bits per heavy atom. The van der Waals surface area contributed by atoms with Gasteiger partial charge in [-0.2, -0.15) is 0 Å². The van der Waals surface area contributed by atoms with E-state index in [0.29, 0.717) is 0 Å². The monoisotopic (exact) mass is 260 g/mol. The van der Waals surface area contributed by atoms with Crippen LogP contribution in [0.2, 0.25) is 0 Å². The summed E-state index contributed by atoms with van der Waals surface area (Å²) in [4.78, 5) is 0. The second-order valence-corrected chi connectivity index (χ2v) is 6.99. The average molecular weight is 260 g/mol. The third-order valence-corrected chi connectivity index (χ3v) is 5.49. The minimum atomic E-state index is 0.878. The summed E-state index contributed by atoms with van der Waals surface area (Å²) in [6, 6.07) is 0. The summed E-state index contributed by atoms with van der Waals surface area (Å²) in [5.74, 6) is 4.01. The summed E-state index contributed by atoms with van der Waals surface area (Å²) >= 11 is 0. The number of hydrogen-bond acceptors (Lipinski definition) is 0. The van der Waals surface area contributed by atoms with E-state index in [2.05, 4.69) is 25.7 Å². The second kappa shape index (κ2) is 7.92. The lowest BCUT2D eigenvalue weighted by atomic mass is 9.69. The van der Waals surface area contributed by atoms with Crippen LogP contribution in [-0.2, 0) is 0 Å². The Bertz CT molecular complexity index is 272. The van der Waals surface area contributed by atoms with E-state index < -0.39 is 0 Å². The average Bonchev–Trinajstić information content (AvgIpc) is 2.45. The van der Waals surface area contributed by atoms with Gasteiger partial charge in [-0.05, 0) is 75.0 Å². The van der Waals surface area contributed by atoms with Crippen LogP contribution >= 0.6 is 0 Å². The maximum atomic E-state index is 3.78. The number of unbranched alkanes of at least 4 members (excludes halogenated alkanes) is 1. The highest BCUT2D eigenvalue weighted by Gasteiger charge is 2.29. The van der Waals surface area contributed by atoms with Gasteiger partial charge in [0, 0.05) is 0 Å². The first-order valence-electron chi connectivity index (χ1n) is 8.57. The molecule has 2 aliphatic carbocycles.